The van der Waals surface area contributed by atoms with Gasteiger partial charge in [0.1, 0.15) is 6.04 Å². The number of carboxylic acids is 1. The van der Waals surface area contributed by atoms with Crippen LogP contribution < -0.4 is 10.6 Å². The number of hydrogen-bond donors (Lipinski definition) is 3. The molecule has 2 amide bonds. The van der Waals surface area contributed by atoms with Crippen molar-refractivity contribution in [2.45, 2.75) is 32.9 Å². The standard InChI is InChI=1S/C15H19N3O3/c1-3-10(2)13(14(19)20)18-15(21)17-9-12-6-4-5-11(7-12)8-16/h4-7,10,13H,3,9H2,1-2H3,(H,19,20)(H2,17,18,21). The van der Waals surface area contributed by atoms with Gasteiger partial charge in [0.25, 0.3) is 0 Å². The van der Waals surface area contributed by atoms with Gasteiger partial charge in [0.15, 0.2) is 0 Å². The Balaban J connectivity index is 2.57. The highest BCUT2D eigenvalue weighted by Crippen LogP contribution is 2.08. The minimum Gasteiger partial charge on any atom is -0.480 e. The topological polar surface area (TPSA) is 102 Å². The second kappa shape index (κ2) is 7.90. The van der Waals surface area contributed by atoms with E-state index in [0.717, 1.165) is 5.56 Å². The molecule has 0 spiro atoms. The highest BCUT2D eigenvalue weighted by molar-refractivity contribution is 5.82. The van der Waals surface area contributed by atoms with Gasteiger partial charge in [-0.25, -0.2) is 9.59 Å². The van der Waals surface area contributed by atoms with E-state index in [1.54, 1.807) is 31.2 Å². The number of carbonyl (C=O) groups is 2. The molecule has 0 radical (unpaired) electrons. The molecule has 6 nitrogen and oxygen atoms in total. The SMILES string of the molecule is CCC(C)C(NC(=O)NCc1cccc(C#N)c1)C(=O)O. The maximum absolute atomic E-state index is 11.8. The van der Waals surface area contributed by atoms with Crippen LogP contribution in [0.2, 0.25) is 0 Å². The van der Waals surface area contributed by atoms with Crippen LogP contribution >= 0.6 is 0 Å². The molecule has 2 atom stereocenters. The summed E-state index contributed by atoms with van der Waals surface area (Å²) in [5, 5.41) is 22.9. The summed E-state index contributed by atoms with van der Waals surface area (Å²) in [6.45, 7) is 3.87. The van der Waals surface area contributed by atoms with Gasteiger partial charge < -0.3 is 15.7 Å². The van der Waals surface area contributed by atoms with Crippen molar-refractivity contribution in [2.24, 2.45) is 5.92 Å². The Morgan fingerprint density at radius 3 is 2.71 bits per heavy atom. The van der Waals surface area contributed by atoms with Gasteiger partial charge >= 0.3 is 12.0 Å². The van der Waals surface area contributed by atoms with Gasteiger partial charge in [-0.1, -0.05) is 32.4 Å². The summed E-state index contributed by atoms with van der Waals surface area (Å²) in [6.07, 6.45) is 0.654. The first-order valence-electron chi connectivity index (χ1n) is 6.74. The van der Waals surface area contributed by atoms with Gasteiger partial charge in [-0.3, -0.25) is 0 Å². The molecule has 1 aromatic rings. The van der Waals surface area contributed by atoms with Crippen molar-refractivity contribution in [3.63, 3.8) is 0 Å². The average Bonchev–Trinajstić information content (AvgIpc) is 2.49. The second-order valence-corrected chi connectivity index (χ2v) is 4.84. The van der Waals surface area contributed by atoms with Crippen LogP contribution in [0.1, 0.15) is 31.4 Å². The number of hydrogen-bond acceptors (Lipinski definition) is 3. The molecule has 1 aromatic carbocycles. The molecule has 3 N–H and O–H groups in total. The molecule has 21 heavy (non-hydrogen) atoms. The molecule has 0 aliphatic heterocycles. The lowest BCUT2D eigenvalue weighted by Crippen LogP contribution is -2.48. The number of nitrogens with zero attached hydrogens (tertiary/aromatic N) is 1. The van der Waals surface area contributed by atoms with Gasteiger partial charge in [0, 0.05) is 6.54 Å². The molecule has 0 aromatic heterocycles. The van der Waals surface area contributed by atoms with Crippen molar-refractivity contribution in [3.05, 3.63) is 35.4 Å². The van der Waals surface area contributed by atoms with E-state index in [0.29, 0.717) is 12.0 Å². The van der Waals surface area contributed by atoms with Crippen LogP contribution in [0.25, 0.3) is 0 Å². The van der Waals surface area contributed by atoms with Gasteiger partial charge in [0.05, 0.1) is 11.6 Å². The molecule has 112 valence electrons. The Hall–Kier alpha value is -2.55. The summed E-state index contributed by atoms with van der Waals surface area (Å²) in [4.78, 5) is 22.9. The maximum Gasteiger partial charge on any atom is 0.326 e. The first-order chi connectivity index (χ1) is 9.97. The lowest BCUT2D eigenvalue weighted by atomic mass is 9.99. The number of urea groups is 1. The third-order valence-electron chi connectivity index (χ3n) is 3.27. The van der Waals surface area contributed by atoms with Crippen molar-refractivity contribution >= 4 is 12.0 Å². The van der Waals surface area contributed by atoms with Crippen LogP contribution in [-0.4, -0.2) is 23.1 Å². The van der Waals surface area contributed by atoms with Crippen LogP contribution in [-0.2, 0) is 11.3 Å². The molecular formula is C15H19N3O3. The minimum absolute atomic E-state index is 0.157. The van der Waals surface area contributed by atoms with E-state index in [-0.39, 0.29) is 12.5 Å². The molecule has 0 heterocycles. The molecule has 0 bridgehead atoms. The summed E-state index contributed by atoms with van der Waals surface area (Å²) in [5.74, 6) is -1.21. The minimum atomic E-state index is -1.05. The van der Waals surface area contributed by atoms with Crippen LogP contribution in [0.4, 0.5) is 4.79 Å². The molecule has 0 fully saturated rings. The van der Waals surface area contributed by atoms with Gasteiger partial charge in [-0.2, -0.15) is 5.26 Å². The van der Waals surface area contributed by atoms with Crippen molar-refractivity contribution in [1.29, 1.82) is 5.26 Å². The molecule has 1 rings (SSSR count). The molecule has 0 aliphatic rings. The first-order valence-corrected chi connectivity index (χ1v) is 6.74. The largest absolute Gasteiger partial charge is 0.480 e. The second-order valence-electron chi connectivity index (χ2n) is 4.84. The van der Waals surface area contributed by atoms with E-state index in [2.05, 4.69) is 10.6 Å². The Labute approximate surface area is 123 Å². The maximum atomic E-state index is 11.8. The quantitative estimate of drug-likeness (QED) is 0.743. The Kier molecular flexibility index (Phi) is 6.21. The third-order valence-corrected chi connectivity index (χ3v) is 3.27. The van der Waals surface area contributed by atoms with E-state index in [4.69, 9.17) is 10.4 Å². The van der Waals surface area contributed by atoms with Crippen LogP contribution in [0.15, 0.2) is 24.3 Å². The average molecular weight is 289 g/mol. The molecular weight excluding hydrogens is 270 g/mol. The molecule has 0 saturated heterocycles. The monoisotopic (exact) mass is 289 g/mol. The number of amides is 2. The highest BCUT2D eigenvalue weighted by atomic mass is 16.4. The number of rotatable bonds is 6. The smallest absolute Gasteiger partial charge is 0.326 e. The van der Waals surface area contributed by atoms with Crippen LogP contribution in [0.5, 0.6) is 0 Å². The summed E-state index contributed by atoms with van der Waals surface area (Å²) >= 11 is 0. The Morgan fingerprint density at radius 1 is 1.43 bits per heavy atom. The number of nitrogens with one attached hydrogen (secondary N) is 2. The number of carboxylic acid groups (broad SMARTS) is 1. The Bertz CT molecular complexity index is 551. The fourth-order valence-corrected chi connectivity index (χ4v) is 1.81. The van der Waals surface area contributed by atoms with E-state index in [1.165, 1.54) is 0 Å². The van der Waals surface area contributed by atoms with E-state index < -0.39 is 18.0 Å². The zero-order chi connectivity index (χ0) is 15.8. The molecule has 0 aliphatic carbocycles. The van der Waals surface area contributed by atoms with Crippen molar-refractivity contribution in [1.82, 2.24) is 10.6 Å². The fraction of sp³-hybridized carbons (Fsp3) is 0.400. The molecule has 0 saturated carbocycles. The lowest BCUT2D eigenvalue weighted by molar-refractivity contribution is -0.140. The van der Waals surface area contributed by atoms with Crippen molar-refractivity contribution < 1.29 is 14.7 Å². The van der Waals surface area contributed by atoms with Crippen molar-refractivity contribution in [3.8, 4) is 6.07 Å². The number of carbonyl (C=O) groups excluding carboxylic acids is 1. The lowest BCUT2D eigenvalue weighted by Gasteiger charge is -2.20. The zero-order valence-corrected chi connectivity index (χ0v) is 12.1. The number of aliphatic carboxylic acids is 1. The summed E-state index contributed by atoms with van der Waals surface area (Å²) in [7, 11) is 0. The van der Waals surface area contributed by atoms with Gasteiger partial charge in [-0.15, -0.1) is 0 Å². The van der Waals surface area contributed by atoms with Crippen LogP contribution in [0, 0.1) is 17.2 Å². The fourth-order valence-electron chi connectivity index (χ4n) is 1.81. The van der Waals surface area contributed by atoms with E-state index >= 15 is 0 Å². The normalized spacial score (nSPS) is 12.8. The number of benzene rings is 1. The van der Waals surface area contributed by atoms with Gasteiger partial charge in [0.2, 0.25) is 0 Å². The highest BCUT2D eigenvalue weighted by Gasteiger charge is 2.24. The van der Waals surface area contributed by atoms with Crippen molar-refractivity contribution in [2.75, 3.05) is 0 Å². The summed E-state index contributed by atoms with van der Waals surface area (Å²) in [6, 6.07) is 7.42. The Morgan fingerprint density at radius 2 is 2.14 bits per heavy atom. The van der Waals surface area contributed by atoms with Gasteiger partial charge in [-0.05, 0) is 23.6 Å². The summed E-state index contributed by atoms with van der Waals surface area (Å²) in [5.41, 5.74) is 1.29. The first kappa shape index (κ1) is 16.5. The van der Waals surface area contributed by atoms with Crippen LogP contribution in [0.3, 0.4) is 0 Å². The zero-order valence-electron chi connectivity index (χ0n) is 12.1. The predicted molar refractivity (Wildman–Crippen MR) is 77.4 cm³/mol. The van der Waals surface area contributed by atoms with E-state index in [9.17, 15) is 9.59 Å². The predicted octanol–water partition coefficient (Wildman–Crippen LogP) is 1.86. The number of nitriles is 1. The van der Waals surface area contributed by atoms with E-state index in [1.807, 2.05) is 13.0 Å². The molecule has 2 unspecified atom stereocenters. The summed E-state index contributed by atoms with van der Waals surface area (Å²) < 4.78 is 0. The molecule has 6 heteroatoms. The third kappa shape index (κ3) is 5.15.